The third-order valence-electron chi connectivity index (χ3n) is 8.93. The molecule has 2 aromatic carbocycles. The van der Waals surface area contributed by atoms with Crippen LogP contribution >= 0.6 is 11.8 Å². The lowest BCUT2D eigenvalue weighted by Crippen LogP contribution is -2.51. The van der Waals surface area contributed by atoms with Crippen molar-refractivity contribution < 1.29 is 0 Å². The van der Waals surface area contributed by atoms with Crippen molar-refractivity contribution in [2.24, 2.45) is 0 Å². The zero-order chi connectivity index (χ0) is 21.6. The van der Waals surface area contributed by atoms with Gasteiger partial charge in [-0.05, 0) is 95.5 Å². The first-order valence-corrected chi connectivity index (χ1v) is 12.6. The molecule has 6 rings (SSSR count). The van der Waals surface area contributed by atoms with Crippen molar-refractivity contribution >= 4 is 17.4 Å². The quantitative estimate of drug-likeness (QED) is 0.471. The first-order chi connectivity index (χ1) is 14.8. The van der Waals surface area contributed by atoms with Crippen molar-refractivity contribution in [1.29, 1.82) is 0 Å². The van der Waals surface area contributed by atoms with Gasteiger partial charge >= 0.3 is 0 Å². The molecule has 0 saturated carbocycles. The number of benzene rings is 2. The van der Waals surface area contributed by atoms with E-state index in [-0.39, 0.29) is 16.5 Å². The Labute approximate surface area is 191 Å². The maximum atomic E-state index is 3.91. The first-order valence-electron chi connectivity index (χ1n) is 11.7. The average molecular weight is 429 g/mol. The minimum absolute atomic E-state index is 0.00224. The van der Waals surface area contributed by atoms with Gasteiger partial charge in [-0.1, -0.05) is 45.2 Å². The Balaban J connectivity index is 1.63. The van der Waals surface area contributed by atoms with Crippen molar-refractivity contribution in [2.75, 3.05) is 11.4 Å². The van der Waals surface area contributed by atoms with Gasteiger partial charge in [0.1, 0.15) is 5.66 Å². The number of anilines is 1. The summed E-state index contributed by atoms with van der Waals surface area (Å²) in [6.45, 7) is 14.7. The van der Waals surface area contributed by atoms with E-state index in [1.165, 1.54) is 58.5 Å². The number of thioether (sulfide) groups is 1. The van der Waals surface area contributed by atoms with E-state index >= 15 is 0 Å². The third kappa shape index (κ3) is 2.36. The highest BCUT2D eigenvalue weighted by Crippen LogP contribution is 2.58. The Morgan fingerprint density at radius 3 is 2.55 bits per heavy atom. The van der Waals surface area contributed by atoms with E-state index in [0.29, 0.717) is 0 Å². The van der Waals surface area contributed by atoms with Crippen LogP contribution in [0, 0.1) is 0 Å². The second kappa shape index (κ2) is 6.22. The zero-order valence-electron chi connectivity index (χ0n) is 19.2. The molecule has 1 saturated heterocycles. The van der Waals surface area contributed by atoms with Gasteiger partial charge in [-0.2, -0.15) is 0 Å². The highest BCUT2D eigenvalue weighted by molar-refractivity contribution is 8.02. The molecule has 0 spiro atoms. The molecule has 31 heavy (non-hydrogen) atoms. The van der Waals surface area contributed by atoms with Crippen molar-refractivity contribution in [2.45, 2.75) is 74.8 Å². The van der Waals surface area contributed by atoms with Gasteiger partial charge in [-0.15, -0.1) is 0 Å². The van der Waals surface area contributed by atoms with E-state index in [1.807, 2.05) is 5.41 Å². The van der Waals surface area contributed by atoms with Crippen LogP contribution in [0.4, 0.5) is 5.69 Å². The van der Waals surface area contributed by atoms with Crippen LogP contribution in [0.15, 0.2) is 59.6 Å². The van der Waals surface area contributed by atoms with Gasteiger partial charge in [0.05, 0.1) is 0 Å². The van der Waals surface area contributed by atoms with E-state index in [4.69, 9.17) is 0 Å². The third-order valence-corrected chi connectivity index (χ3v) is 9.63. The molecular weight excluding hydrogens is 396 g/mol. The van der Waals surface area contributed by atoms with Gasteiger partial charge < -0.3 is 9.80 Å². The molecular formula is C28H32N2S. The predicted octanol–water partition coefficient (Wildman–Crippen LogP) is 7.38. The smallest absolute Gasteiger partial charge is 0.114 e. The summed E-state index contributed by atoms with van der Waals surface area (Å²) in [5.74, 6) is 0. The predicted molar refractivity (Wildman–Crippen MR) is 133 cm³/mol. The van der Waals surface area contributed by atoms with Gasteiger partial charge in [0.25, 0.3) is 0 Å². The zero-order valence-corrected chi connectivity index (χ0v) is 20.0. The number of nitrogens with zero attached hydrogens (tertiary/aromatic N) is 2. The summed E-state index contributed by atoms with van der Waals surface area (Å²) >= 11 is 1.71. The van der Waals surface area contributed by atoms with Crippen molar-refractivity contribution in [3.63, 3.8) is 0 Å². The monoisotopic (exact) mass is 428 g/mol. The summed E-state index contributed by atoms with van der Waals surface area (Å²) in [7, 11) is 0. The molecule has 160 valence electrons. The van der Waals surface area contributed by atoms with E-state index in [9.17, 15) is 0 Å². The highest BCUT2D eigenvalue weighted by atomic mass is 32.2. The van der Waals surface area contributed by atoms with Crippen molar-refractivity contribution in [3.05, 3.63) is 71.4 Å². The molecule has 1 aliphatic carbocycles. The first kappa shape index (κ1) is 19.5. The fraction of sp³-hybridized carbons (Fsp3) is 0.429. The molecule has 3 heteroatoms. The molecule has 0 amide bonds. The standard InChI is InChI=1S/C28H32N2S/c1-6-28-11-10-27(5)29(13-12-28)14-15-30(27)25-18-23-21(17-24(25)28)20-9-8-19(31-7-2)16-22(20)26(23,3)4/h7-9,14-18H,2,6,10-13H2,1,3-5H3/t27-,28?/m0/s1. The molecule has 3 heterocycles. The van der Waals surface area contributed by atoms with Gasteiger partial charge in [0.15, 0.2) is 0 Å². The van der Waals surface area contributed by atoms with Crippen LogP contribution < -0.4 is 4.90 Å². The number of rotatable bonds is 3. The minimum Gasteiger partial charge on any atom is -0.353 e. The van der Waals surface area contributed by atoms with Gasteiger partial charge in [-0.25, -0.2) is 0 Å². The van der Waals surface area contributed by atoms with Crippen LogP contribution in [0.1, 0.15) is 70.1 Å². The van der Waals surface area contributed by atoms with Crippen molar-refractivity contribution in [3.8, 4) is 11.1 Å². The second-order valence-electron chi connectivity index (χ2n) is 10.5. The highest BCUT2D eigenvalue weighted by Gasteiger charge is 2.51. The van der Waals surface area contributed by atoms with E-state index in [2.05, 4.69) is 86.8 Å². The summed E-state index contributed by atoms with van der Waals surface area (Å²) in [4.78, 5) is 6.47. The Morgan fingerprint density at radius 1 is 0.968 bits per heavy atom. The lowest BCUT2D eigenvalue weighted by Gasteiger charge is -2.44. The fourth-order valence-electron chi connectivity index (χ4n) is 6.82. The normalized spacial score (nSPS) is 28.8. The van der Waals surface area contributed by atoms with Crippen LogP contribution in [0.2, 0.25) is 0 Å². The molecule has 0 aromatic heterocycles. The minimum atomic E-state index is 0.00224. The summed E-state index contributed by atoms with van der Waals surface area (Å²) in [5.41, 5.74) is 9.17. The largest absolute Gasteiger partial charge is 0.353 e. The average Bonchev–Trinajstić information content (AvgIpc) is 3.12. The van der Waals surface area contributed by atoms with Gasteiger partial charge in [-0.3, -0.25) is 0 Å². The Kier molecular flexibility index (Phi) is 3.92. The fourth-order valence-corrected chi connectivity index (χ4v) is 7.34. The maximum absolute atomic E-state index is 3.91. The number of hydrogen-bond donors (Lipinski definition) is 0. The molecule has 4 aliphatic rings. The van der Waals surface area contributed by atoms with Gasteiger partial charge in [0, 0.05) is 34.9 Å². The topological polar surface area (TPSA) is 6.48 Å². The summed E-state index contributed by atoms with van der Waals surface area (Å²) in [6, 6.07) is 12.1. The molecule has 0 N–H and O–H groups in total. The molecule has 2 aromatic rings. The SMILES string of the molecule is C=CSc1ccc2c(c1)C(C)(C)c1cc3c(cc1-2)C1(CC)CCN2C=CN3[C@@]2(C)CC1. The molecule has 2 bridgehead atoms. The van der Waals surface area contributed by atoms with E-state index in [1.54, 1.807) is 17.3 Å². The van der Waals surface area contributed by atoms with Crippen LogP contribution in [0.5, 0.6) is 0 Å². The Morgan fingerprint density at radius 2 is 1.77 bits per heavy atom. The summed E-state index contributed by atoms with van der Waals surface area (Å²) in [5, 5.41) is 1.93. The van der Waals surface area contributed by atoms with Crippen molar-refractivity contribution in [1.82, 2.24) is 4.90 Å². The molecule has 0 radical (unpaired) electrons. The molecule has 2 atom stereocenters. The lowest BCUT2D eigenvalue weighted by atomic mass is 9.71. The maximum Gasteiger partial charge on any atom is 0.114 e. The van der Waals surface area contributed by atoms with E-state index in [0.717, 1.165) is 6.54 Å². The Hall–Kier alpha value is -2.13. The van der Waals surface area contributed by atoms with E-state index < -0.39 is 0 Å². The lowest BCUT2D eigenvalue weighted by molar-refractivity contribution is 0.190. The molecule has 3 aliphatic heterocycles. The molecule has 1 fully saturated rings. The Bertz CT molecular complexity index is 1150. The second-order valence-corrected chi connectivity index (χ2v) is 11.5. The summed E-state index contributed by atoms with van der Waals surface area (Å²) < 4.78 is 0. The molecule has 2 nitrogen and oxygen atoms in total. The number of hydrogen-bond acceptors (Lipinski definition) is 3. The van der Waals surface area contributed by atoms with Crippen LogP contribution in [-0.4, -0.2) is 17.1 Å². The summed E-state index contributed by atoms with van der Waals surface area (Å²) in [6.07, 6.45) is 9.62. The molecule has 1 unspecified atom stereocenters. The van der Waals surface area contributed by atoms with Crippen LogP contribution in [0.25, 0.3) is 11.1 Å². The van der Waals surface area contributed by atoms with Crippen LogP contribution in [0.3, 0.4) is 0 Å². The van der Waals surface area contributed by atoms with Crippen LogP contribution in [-0.2, 0) is 10.8 Å². The number of fused-ring (bicyclic) bond motifs is 8. The van der Waals surface area contributed by atoms with Gasteiger partial charge in [0.2, 0.25) is 0 Å².